The van der Waals surface area contributed by atoms with Crippen LogP contribution in [0.1, 0.15) is 47.8 Å². The zero-order chi connectivity index (χ0) is 28.8. The highest BCUT2D eigenvalue weighted by Gasteiger charge is 2.37. The van der Waals surface area contributed by atoms with Gasteiger partial charge in [-0.3, -0.25) is 4.79 Å². The average molecular weight is 545 g/mol. The Morgan fingerprint density at radius 3 is 2.23 bits per heavy atom. The van der Waals surface area contributed by atoms with Crippen LogP contribution in [-0.4, -0.2) is 39.2 Å². The Kier molecular flexibility index (Phi) is 8.95. The van der Waals surface area contributed by atoms with Gasteiger partial charge in [0.05, 0.1) is 12.0 Å². The maximum absolute atomic E-state index is 13.3. The largest absolute Gasteiger partial charge is 0.506 e. The molecule has 0 spiro atoms. The van der Waals surface area contributed by atoms with E-state index in [0.717, 1.165) is 6.07 Å². The quantitative estimate of drug-likeness (QED) is 0.271. The molecule has 0 saturated carbocycles. The highest BCUT2D eigenvalue weighted by Crippen LogP contribution is 2.39. The number of esters is 2. The van der Waals surface area contributed by atoms with E-state index < -0.39 is 40.6 Å². The van der Waals surface area contributed by atoms with E-state index >= 15 is 0 Å². The molecule has 39 heavy (non-hydrogen) atoms. The van der Waals surface area contributed by atoms with Gasteiger partial charge in [-0.1, -0.05) is 18.7 Å². The zero-order valence-corrected chi connectivity index (χ0v) is 21.5. The Labute approximate surface area is 223 Å². The number of carbonyl (C=O) groups is 2. The van der Waals surface area contributed by atoms with E-state index in [4.69, 9.17) is 14.2 Å². The predicted octanol–water partition coefficient (Wildman–Crippen LogP) is 5.67. The molecular weight excluding hydrogens is 517 g/mol. The van der Waals surface area contributed by atoms with E-state index in [1.54, 1.807) is 45.0 Å². The summed E-state index contributed by atoms with van der Waals surface area (Å²) in [7, 11) is 0. The molecule has 1 heterocycles. The van der Waals surface area contributed by atoms with Gasteiger partial charge in [-0.25, -0.2) is 14.8 Å². The summed E-state index contributed by atoms with van der Waals surface area (Å²) < 4.78 is 55.8. The lowest BCUT2D eigenvalue weighted by Gasteiger charge is -2.22. The van der Waals surface area contributed by atoms with Crippen molar-refractivity contribution in [3.8, 4) is 22.9 Å². The third kappa shape index (κ3) is 8.03. The lowest BCUT2D eigenvalue weighted by molar-refractivity contribution is -0.141. The Hall–Kier alpha value is -4.41. The van der Waals surface area contributed by atoms with Gasteiger partial charge in [0.2, 0.25) is 0 Å². The summed E-state index contributed by atoms with van der Waals surface area (Å²) in [6, 6.07) is 8.28. The molecule has 3 rings (SSSR count). The number of hydrogen-bond donors (Lipinski definition) is 1. The topological polar surface area (TPSA) is 108 Å². The summed E-state index contributed by atoms with van der Waals surface area (Å²) in [6.45, 7) is 7.96. The van der Waals surface area contributed by atoms with Crippen molar-refractivity contribution < 1.29 is 42.1 Å². The molecule has 0 aliphatic rings. The van der Waals surface area contributed by atoms with Crippen molar-refractivity contribution in [3.05, 3.63) is 83.7 Å². The summed E-state index contributed by atoms with van der Waals surface area (Å²) in [4.78, 5) is 32.9. The minimum absolute atomic E-state index is 0.0179. The molecule has 0 aliphatic carbocycles. The summed E-state index contributed by atoms with van der Waals surface area (Å²) in [5, 5.41) is 10.3. The monoisotopic (exact) mass is 544 g/mol. The van der Waals surface area contributed by atoms with Crippen LogP contribution in [0.15, 0.2) is 61.4 Å². The maximum Gasteiger partial charge on any atom is 0.419 e. The average Bonchev–Trinajstić information content (AvgIpc) is 2.85. The smallest absolute Gasteiger partial charge is 0.419 e. The molecule has 2 aromatic carbocycles. The van der Waals surface area contributed by atoms with Gasteiger partial charge in [0, 0.05) is 23.5 Å². The number of carbonyl (C=O) groups excluding carboxylic acids is 2. The zero-order valence-electron chi connectivity index (χ0n) is 21.5. The van der Waals surface area contributed by atoms with Gasteiger partial charge < -0.3 is 19.3 Å². The van der Waals surface area contributed by atoms with Gasteiger partial charge in [0.25, 0.3) is 0 Å². The summed E-state index contributed by atoms with van der Waals surface area (Å²) in [5.74, 6) is -2.01. The van der Waals surface area contributed by atoms with E-state index in [1.807, 2.05) is 0 Å². The van der Waals surface area contributed by atoms with Crippen LogP contribution in [0, 0.1) is 0 Å². The Morgan fingerprint density at radius 2 is 1.67 bits per heavy atom. The Balaban J connectivity index is 1.75. The van der Waals surface area contributed by atoms with Crippen molar-refractivity contribution >= 4 is 11.9 Å². The fraction of sp³-hybridized carbons (Fsp3) is 0.286. The molecule has 0 radical (unpaired) electrons. The number of ether oxygens (including phenoxy) is 3. The van der Waals surface area contributed by atoms with Gasteiger partial charge >= 0.3 is 18.1 Å². The van der Waals surface area contributed by atoms with Gasteiger partial charge in [-0.05, 0) is 56.7 Å². The van der Waals surface area contributed by atoms with Crippen molar-refractivity contribution in [2.75, 3.05) is 6.61 Å². The van der Waals surface area contributed by atoms with Crippen LogP contribution in [0.3, 0.4) is 0 Å². The fourth-order valence-corrected chi connectivity index (χ4v) is 3.36. The van der Waals surface area contributed by atoms with E-state index in [1.165, 1.54) is 18.5 Å². The number of aromatic hydroxyl groups is 1. The first-order chi connectivity index (χ1) is 18.3. The highest BCUT2D eigenvalue weighted by molar-refractivity contribution is 5.95. The molecule has 0 unspecified atom stereocenters. The van der Waals surface area contributed by atoms with E-state index in [2.05, 4.69) is 16.5 Å². The van der Waals surface area contributed by atoms with Crippen molar-refractivity contribution in [2.24, 2.45) is 0 Å². The summed E-state index contributed by atoms with van der Waals surface area (Å²) in [5.41, 5.74) is -1.72. The first-order valence-corrected chi connectivity index (χ1v) is 11.7. The van der Waals surface area contributed by atoms with Gasteiger partial charge in [-0.15, -0.1) is 0 Å². The van der Waals surface area contributed by atoms with Crippen molar-refractivity contribution in [1.82, 2.24) is 9.97 Å². The molecule has 1 N–H and O–H groups in total. The third-order valence-corrected chi connectivity index (χ3v) is 5.10. The first-order valence-electron chi connectivity index (χ1n) is 11.7. The highest BCUT2D eigenvalue weighted by atomic mass is 19.4. The molecule has 3 aromatic rings. The number of phenolic OH excluding ortho intramolecular Hbond substituents is 1. The van der Waals surface area contributed by atoms with Crippen LogP contribution in [-0.2, 0) is 33.5 Å². The molecule has 1 aromatic heterocycles. The van der Waals surface area contributed by atoms with Gasteiger partial charge in [-0.2, -0.15) is 13.2 Å². The van der Waals surface area contributed by atoms with Gasteiger partial charge in [0.1, 0.15) is 35.9 Å². The number of nitrogens with zero attached hydrogens (tertiary/aromatic N) is 2. The molecule has 206 valence electrons. The first kappa shape index (κ1) is 29.2. The van der Waals surface area contributed by atoms with Crippen LogP contribution < -0.4 is 4.74 Å². The SMILES string of the molecule is C=CCOC(=O)Cc1cnc(-c2ccc(OCc3ccc(C(F)(F)F)c(O)c3C(=O)OC(C)(C)C)cc2)nc1. The molecule has 8 nitrogen and oxygen atoms in total. The van der Waals surface area contributed by atoms with E-state index in [-0.39, 0.29) is 25.2 Å². The third-order valence-electron chi connectivity index (χ3n) is 5.10. The minimum Gasteiger partial charge on any atom is -0.506 e. The lowest BCUT2D eigenvalue weighted by Crippen LogP contribution is -2.25. The summed E-state index contributed by atoms with van der Waals surface area (Å²) in [6.07, 6.45) is -0.358. The number of halogens is 3. The lowest BCUT2D eigenvalue weighted by atomic mass is 10.0. The van der Waals surface area contributed by atoms with Crippen molar-refractivity contribution in [2.45, 2.75) is 45.6 Å². The van der Waals surface area contributed by atoms with Crippen LogP contribution >= 0.6 is 0 Å². The van der Waals surface area contributed by atoms with Crippen LogP contribution in [0.2, 0.25) is 0 Å². The number of alkyl halides is 3. The van der Waals surface area contributed by atoms with Crippen molar-refractivity contribution in [3.63, 3.8) is 0 Å². The maximum atomic E-state index is 13.3. The van der Waals surface area contributed by atoms with Crippen molar-refractivity contribution in [1.29, 1.82) is 0 Å². The fourth-order valence-electron chi connectivity index (χ4n) is 3.36. The Morgan fingerprint density at radius 1 is 1.03 bits per heavy atom. The molecule has 11 heteroatoms. The van der Waals surface area contributed by atoms with E-state index in [0.29, 0.717) is 28.8 Å². The second-order valence-corrected chi connectivity index (χ2v) is 9.37. The number of rotatable bonds is 9. The number of benzene rings is 2. The Bertz CT molecular complexity index is 1330. The molecule has 0 bridgehead atoms. The van der Waals surface area contributed by atoms with Crippen LogP contribution in [0.5, 0.6) is 11.5 Å². The minimum atomic E-state index is -4.87. The molecular formula is C28H27F3N2O6. The van der Waals surface area contributed by atoms with Crippen LogP contribution in [0.25, 0.3) is 11.4 Å². The molecule has 0 saturated heterocycles. The summed E-state index contributed by atoms with van der Waals surface area (Å²) >= 11 is 0. The molecule has 0 atom stereocenters. The molecule has 0 fully saturated rings. The van der Waals surface area contributed by atoms with E-state index in [9.17, 15) is 27.9 Å². The molecule has 0 aliphatic heterocycles. The second-order valence-electron chi connectivity index (χ2n) is 9.37. The number of phenols is 1. The normalized spacial score (nSPS) is 11.5. The second kappa shape index (κ2) is 12.0. The van der Waals surface area contributed by atoms with Gasteiger partial charge in [0.15, 0.2) is 5.82 Å². The molecule has 0 amide bonds. The number of aromatic nitrogens is 2. The predicted molar refractivity (Wildman–Crippen MR) is 135 cm³/mol. The number of hydrogen-bond acceptors (Lipinski definition) is 8. The van der Waals surface area contributed by atoms with Crippen LogP contribution in [0.4, 0.5) is 13.2 Å². The standard InChI is InChI=1S/C28H27F3N2O6/c1-5-12-37-22(34)13-17-14-32-25(33-15-17)18-6-9-20(10-7-18)38-16-19-8-11-21(28(29,30)31)24(35)23(19)26(36)39-27(2,3)4/h5-11,14-15,35H,1,12-13,16H2,2-4H3.